The minimum absolute atomic E-state index is 0.0921. The van der Waals surface area contributed by atoms with Gasteiger partial charge in [-0.3, -0.25) is 4.79 Å². The van der Waals surface area contributed by atoms with E-state index in [0.29, 0.717) is 6.54 Å². The van der Waals surface area contributed by atoms with E-state index in [0.717, 1.165) is 48.1 Å². The fourth-order valence-electron chi connectivity index (χ4n) is 2.80. The number of hydrogen-bond donors (Lipinski definition) is 2. The molecule has 0 spiro atoms. The number of hydrogen-bond acceptors (Lipinski definition) is 3. The Hall–Kier alpha value is -1.81. The van der Waals surface area contributed by atoms with E-state index >= 15 is 0 Å². The molecule has 1 aromatic heterocycles. The number of amides is 1. The third kappa shape index (κ3) is 2.56. The summed E-state index contributed by atoms with van der Waals surface area (Å²) in [6.45, 7) is 3.44. The van der Waals surface area contributed by atoms with Crippen LogP contribution in [0.15, 0.2) is 28.7 Å². The summed E-state index contributed by atoms with van der Waals surface area (Å²) in [6, 6.07) is 7.94. The lowest BCUT2D eigenvalue weighted by molar-refractivity contribution is -0.122. The molecule has 1 unspecified atom stereocenters. The van der Waals surface area contributed by atoms with E-state index in [1.54, 1.807) is 0 Å². The van der Waals surface area contributed by atoms with Crippen molar-refractivity contribution in [2.75, 3.05) is 6.54 Å². The summed E-state index contributed by atoms with van der Waals surface area (Å²) >= 11 is 0. The molecule has 3 rings (SSSR count). The zero-order valence-electron chi connectivity index (χ0n) is 11.7. The largest absolute Gasteiger partial charge is 0.461 e. The van der Waals surface area contributed by atoms with Crippen molar-refractivity contribution in [1.82, 2.24) is 10.6 Å². The van der Waals surface area contributed by atoms with Gasteiger partial charge in [0, 0.05) is 24.0 Å². The summed E-state index contributed by atoms with van der Waals surface area (Å²) in [7, 11) is 0. The molecule has 4 nitrogen and oxygen atoms in total. The Labute approximate surface area is 118 Å². The summed E-state index contributed by atoms with van der Waals surface area (Å²) in [5.74, 6) is 1.04. The Morgan fingerprint density at radius 1 is 1.35 bits per heavy atom. The van der Waals surface area contributed by atoms with Gasteiger partial charge in [-0.25, -0.2) is 0 Å². The quantitative estimate of drug-likeness (QED) is 0.902. The Morgan fingerprint density at radius 2 is 2.20 bits per heavy atom. The minimum atomic E-state index is -0.0921. The van der Waals surface area contributed by atoms with Crippen molar-refractivity contribution in [2.24, 2.45) is 0 Å². The molecule has 0 saturated carbocycles. The lowest BCUT2D eigenvalue weighted by Gasteiger charge is -2.14. The van der Waals surface area contributed by atoms with E-state index in [1.807, 2.05) is 25.1 Å². The van der Waals surface area contributed by atoms with Gasteiger partial charge in [-0.05, 0) is 32.3 Å². The van der Waals surface area contributed by atoms with Crippen LogP contribution in [0.2, 0.25) is 0 Å². The zero-order valence-corrected chi connectivity index (χ0v) is 11.7. The summed E-state index contributed by atoms with van der Waals surface area (Å²) in [5, 5.41) is 7.46. The van der Waals surface area contributed by atoms with Gasteiger partial charge in [0.2, 0.25) is 5.91 Å². The molecule has 106 valence electrons. The topological polar surface area (TPSA) is 54.3 Å². The van der Waals surface area contributed by atoms with Crippen molar-refractivity contribution >= 4 is 16.9 Å². The maximum Gasteiger partial charge on any atom is 0.237 e. The van der Waals surface area contributed by atoms with Gasteiger partial charge >= 0.3 is 0 Å². The molecule has 1 amide bonds. The van der Waals surface area contributed by atoms with Gasteiger partial charge in [-0.2, -0.15) is 0 Å². The van der Waals surface area contributed by atoms with Crippen molar-refractivity contribution in [3.8, 4) is 0 Å². The van der Waals surface area contributed by atoms with Crippen molar-refractivity contribution in [2.45, 2.75) is 38.8 Å². The average molecular weight is 272 g/mol. The van der Waals surface area contributed by atoms with Gasteiger partial charge in [0.25, 0.3) is 0 Å². The Bertz CT molecular complexity index is 618. The van der Waals surface area contributed by atoms with Gasteiger partial charge in [0.1, 0.15) is 11.3 Å². The van der Waals surface area contributed by atoms with Crippen molar-refractivity contribution in [3.05, 3.63) is 35.6 Å². The summed E-state index contributed by atoms with van der Waals surface area (Å²) in [5.41, 5.74) is 2.06. The fraction of sp³-hybridized carbons (Fsp3) is 0.438. The molecule has 1 aromatic carbocycles. The van der Waals surface area contributed by atoms with E-state index in [-0.39, 0.29) is 11.9 Å². The van der Waals surface area contributed by atoms with Crippen LogP contribution >= 0.6 is 0 Å². The van der Waals surface area contributed by atoms with Crippen LogP contribution in [0.1, 0.15) is 30.6 Å². The predicted molar refractivity (Wildman–Crippen MR) is 78.4 cm³/mol. The smallest absolute Gasteiger partial charge is 0.237 e. The molecule has 0 bridgehead atoms. The first kappa shape index (κ1) is 13.2. The predicted octanol–water partition coefficient (Wildman–Crippen LogP) is 2.50. The third-order valence-corrected chi connectivity index (χ3v) is 3.96. The van der Waals surface area contributed by atoms with Crippen LogP contribution in [-0.2, 0) is 11.3 Å². The van der Waals surface area contributed by atoms with Crippen LogP contribution in [0.5, 0.6) is 0 Å². The van der Waals surface area contributed by atoms with Crippen LogP contribution in [0.3, 0.4) is 0 Å². The summed E-state index contributed by atoms with van der Waals surface area (Å²) in [6.07, 6.45) is 3.06. The maximum absolute atomic E-state index is 11.9. The third-order valence-electron chi connectivity index (χ3n) is 3.96. The lowest BCUT2D eigenvalue weighted by Crippen LogP contribution is -2.42. The summed E-state index contributed by atoms with van der Waals surface area (Å²) in [4.78, 5) is 11.9. The normalized spacial score (nSPS) is 19.9. The first-order valence-electron chi connectivity index (χ1n) is 7.24. The monoisotopic (exact) mass is 272 g/mol. The standard InChI is InChI=1S/C16H20N2O2/c1-11-13(12-6-2-3-8-15(12)20-11)10-18-14-7-4-5-9-17-16(14)19/h2-3,6,8,14,18H,4-5,7,9-10H2,1H3,(H,17,19). The molecular formula is C16H20N2O2. The molecule has 4 heteroatoms. The van der Waals surface area contributed by atoms with E-state index in [2.05, 4.69) is 16.7 Å². The Balaban J connectivity index is 1.76. The molecule has 1 aliphatic heterocycles. The number of aryl methyl sites for hydroxylation is 1. The highest BCUT2D eigenvalue weighted by molar-refractivity contribution is 5.83. The Kier molecular flexibility index (Phi) is 3.74. The van der Waals surface area contributed by atoms with E-state index in [4.69, 9.17) is 4.42 Å². The average Bonchev–Trinajstić information content (AvgIpc) is 2.62. The highest BCUT2D eigenvalue weighted by Gasteiger charge is 2.21. The maximum atomic E-state index is 11.9. The van der Waals surface area contributed by atoms with Gasteiger partial charge < -0.3 is 15.1 Å². The van der Waals surface area contributed by atoms with Crippen molar-refractivity contribution in [3.63, 3.8) is 0 Å². The zero-order chi connectivity index (χ0) is 13.9. The Morgan fingerprint density at radius 3 is 3.10 bits per heavy atom. The minimum Gasteiger partial charge on any atom is -0.461 e. The number of rotatable bonds is 3. The molecule has 1 atom stereocenters. The molecule has 2 aromatic rings. The molecule has 20 heavy (non-hydrogen) atoms. The number of fused-ring (bicyclic) bond motifs is 1. The van der Waals surface area contributed by atoms with Gasteiger partial charge in [-0.1, -0.05) is 18.2 Å². The lowest BCUT2D eigenvalue weighted by atomic mass is 10.1. The number of carbonyl (C=O) groups excluding carboxylic acids is 1. The number of carbonyl (C=O) groups is 1. The van der Waals surface area contributed by atoms with Crippen LogP contribution in [-0.4, -0.2) is 18.5 Å². The highest BCUT2D eigenvalue weighted by atomic mass is 16.3. The van der Waals surface area contributed by atoms with Gasteiger partial charge in [0.15, 0.2) is 0 Å². The first-order chi connectivity index (χ1) is 9.75. The van der Waals surface area contributed by atoms with Crippen LogP contribution < -0.4 is 10.6 Å². The SMILES string of the molecule is Cc1oc2ccccc2c1CNC1CCCCNC1=O. The van der Waals surface area contributed by atoms with Gasteiger partial charge in [0.05, 0.1) is 6.04 Å². The van der Waals surface area contributed by atoms with Crippen LogP contribution in [0.4, 0.5) is 0 Å². The van der Waals surface area contributed by atoms with E-state index in [9.17, 15) is 4.79 Å². The molecule has 2 N–H and O–H groups in total. The first-order valence-corrected chi connectivity index (χ1v) is 7.24. The number of furan rings is 1. The molecule has 0 aliphatic carbocycles. The molecule has 2 heterocycles. The molecular weight excluding hydrogens is 252 g/mol. The van der Waals surface area contributed by atoms with Crippen LogP contribution in [0.25, 0.3) is 11.0 Å². The van der Waals surface area contributed by atoms with Crippen molar-refractivity contribution in [1.29, 1.82) is 0 Å². The number of nitrogens with one attached hydrogen (secondary N) is 2. The fourth-order valence-corrected chi connectivity index (χ4v) is 2.80. The van der Waals surface area contributed by atoms with Gasteiger partial charge in [-0.15, -0.1) is 0 Å². The highest BCUT2D eigenvalue weighted by Crippen LogP contribution is 2.25. The second-order valence-electron chi connectivity index (χ2n) is 5.35. The number of para-hydroxylation sites is 1. The van der Waals surface area contributed by atoms with Crippen LogP contribution in [0, 0.1) is 6.92 Å². The van der Waals surface area contributed by atoms with E-state index in [1.165, 1.54) is 0 Å². The molecule has 1 saturated heterocycles. The number of benzene rings is 1. The molecule has 1 aliphatic rings. The van der Waals surface area contributed by atoms with Crippen molar-refractivity contribution < 1.29 is 9.21 Å². The molecule has 0 radical (unpaired) electrons. The second kappa shape index (κ2) is 5.67. The summed E-state index contributed by atoms with van der Waals surface area (Å²) < 4.78 is 5.75. The molecule has 1 fully saturated rings. The van der Waals surface area contributed by atoms with E-state index < -0.39 is 0 Å². The second-order valence-corrected chi connectivity index (χ2v) is 5.35.